The van der Waals surface area contributed by atoms with Crippen LogP contribution in [0.15, 0.2) is 18.5 Å². The van der Waals surface area contributed by atoms with Crippen LogP contribution < -0.4 is 5.32 Å². The number of nitrogens with one attached hydrogen (secondary N) is 1. The van der Waals surface area contributed by atoms with Gasteiger partial charge in [0.2, 0.25) is 5.91 Å². The normalized spacial score (nSPS) is 11.6. The van der Waals surface area contributed by atoms with Gasteiger partial charge in [0.1, 0.15) is 6.04 Å². The SMILES string of the molecule is CC(=O)NCCN(C(=O)c1ccncc1F)C(C)C(=O)O. The summed E-state index contributed by atoms with van der Waals surface area (Å²) in [4.78, 5) is 38.7. The second kappa shape index (κ2) is 7.32. The molecule has 7 nitrogen and oxygen atoms in total. The van der Waals surface area contributed by atoms with Crippen molar-refractivity contribution in [1.82, 2.24) is 15.2 Å². The van der Waals surface area contributed by atoms with Crippen LogP contribution in [0.1, 0.15) is 24.2 Å². The van der Waals surface area contributed by atoms with Gasteiger partial charge < -0.3 is 15.3 Å². The number of pyridine rings is 1. The molecule has 0 aliphatic rings. The van der Waals surface area contributed by atoms with E-state index >= 15 is 0 Å². The monoisotopic (exact) mass is 297 g/mol. The van der Waals surface area contributed by atoms with Gasteiger partial charge in [0.15, 0.2) is 5.82 Å². The number of aromatic nitrogens is 1. The van der Waals surface area contributed by atoms with E-state index in [-0.39, 0.29) is 24.6 Å². The highest BCUT2D eigenvalue weighted by Crippen LogP contribution is 2.11. The highest BCUT2D eigenvalue weighted by Gasteiger charge is 2.27. The molecular weight excluding hydrogens is 281 g/mol. The highest BCUT2D eigenvalue weighted by molar-refractivity contribution is 5.96. The minimum absolute atomic E-state index is 0.0480. The molecule has 1 aromatic heterocycles. The zero-order valence-corrected chi connectivity index (χ0v) is 11.7. The average Bonchev–Trinajstić information content (AvgIpc) is 2.42. The van der Waals surface area contributed by atoms with Crippen LogP contribution in [0.2, 0.25) is 0 Å². The van der Waals surface area contributed by atoms with Crippen molar-refractivity contribution < 1.29 is 23.9 Å². The third kappa shape index (κ3) is 4.51. The fourth-order valence-corrected chi connectivity index (χ4v) is 1.66. The summed E-state index contributed by atoms with van der Waals surface area (Å²) in [5.74, 6) is -3.12. The molecule has 0 saturated heterocycles. The lowest BCUT2D eigenvalue weighted by Crippen LogP contribution is -2.47. The number of nitrogens with zero attached hydrogens (tertiary/aromatic N) is 2. The van der Waals surface area contributed by atoms with E-state index in [1.807, 2.05) is 0 Å². The topological polar surface area (TPSA) is 99.6 Å². The summed E-state index contributed by atoms with van der Waals surface area (Å²) in [5.41, 5.74) is -0.263. The van der Waals surface area contributed by atoms with Crippen molar-refractivity contribution in [3.63, 3.8) is 0 Å². The summed E-state index contributed by atoms with van der Waals surface area (Å²) in [6, 6.07) is 0.0243. The highest BCUT2D eigenvalue weighted by atomic mass is 19.1. The number of rotatable bonds is 6. The van der Waals surface area contributed by atoms with Gasteiger partial charge in [0, 0.05) is 26.2 Å². The summed E-state index contributed by atoms with van der Waals surface area (Å²) in [6.45, 7) is 2.64. The van der Waals surface area contributed by atoms with E-state index in [2.05, 4.69) is 10.3 Å². The van der Waals surface area contributed by atoms with Crippen molar-refractivity contribution in [2.24, 2.45) is 0 Å². The van der Waals surface area contributed by atoms with Crippen LogP contribution in [0.4, 0.5) is 4.39 Å². The molecule has 0 aliphatic carbocycles. The largest absolute Gasteiger partial charge is 0.480 e. The first-order valence-electron chi connectivity index (χ1n) is 6.22. The summed E-state index contributed by atoms with van der Waals surface area (Å²) in [6.07, 6.45) is 2.12. The van der Waals surface area contributed by atoms with Gasteiger partial charge in [0.05, 0.1) is 11.8 Å². The first kappa shape index (κ1) is 16.5. The number of carbonyl (C=O) groups is 3. The maximum absolute atomic E-state index is 13.6. The van der Waals surface area contributed by atoms with Crippen molar-refractivity contribution >= 4 is 17.8 Å². The van der Waals surface area contributed by atoms with Crippen LogP contribution in [0.25, 0.3) is 0 Å². The second-order valence-electron chi connectivity index (χ2n) is 4.35. The first-order valence-corrected chi connectivity index (χ1v) is 6.22. The lowest BCUT2D eigenvalue weighted by atomic mass is 10.2. The molecule has 1 heterocycles. The molecule has 2 amide bonds. The predicted molar refractivity (Wildman–Crippen MR) is 71.0 cm³/mol. The van der Waals surface area contributed by atoms with Crippen molar-refractivity contribution in [1.29, 1.82) is 0 Å². The van der Waals surface area contributed by atoms with Crippen LogP contribution in [0.3, 0.4) is 0 Å². The number of carboxylic acid groups (broad SMARTS) is 1. The molecule has 114 valence electrons. The third-order valence-electron chi connectivity index (χ3n) is 2.82. The first-order chi connectivity index (χ1) is 9.84. The predicted octanol–water partition coefficient (Wildman–Crippen LogP) is 0.272. The minimum atomic E-state index is -1.22. The Hall–Kier alpha value is -2.51. The Kier molecular flexibility index (Phi) is 5.77. The smallest absolute Gasteiger partial charge is 0.326 e. The molecule has 0 bridgehead atoms. The molecule has 0 spiro atoms. The maximum Gasteiger partial charge on any atom is 0.326 e. The van der Waals surface area contributed by atoms with Gasteiger partial charge in [-0.05, 0) is 13.0 Å². The zero-order chi connectivity index (χ0) is 16.0. The number of carbonyl (C=O) groups excluding carboxylic acids is 2. The molecule has 1 unspecified atom stereocenters. The van der Waals surface area contributed by atoms with Crippen LogP contribution in [0.5, 0.6) is 0 Å². The lowest BCUT2D eigenvalue weighted by Gasteiger charge is -2.26. The average molecular weight is 297 g/mol. The molecule has 1 atom stereocenters. The van der Waals surface area contributed by atoms with Gasteiger partial charge in [-0.15, -0.1) is 0 Å². The van der Waals surface area contributed by atoms with Crippen LogP contribution in [0, 0.1) is 5.82 Å². The Balaban J connectivity index is 2.95. The van der Waals surface area contributed by atoms with Gasteiger partial charge in [-0.1, -0.05) is 0 Å². The fraction of sp³-hybridized carbons (Fsp3) is 0.385. The molecule has 0 fully saturated rings. The maximum atomic E-state index is 13.6. The molecule has 1 aromatic rings. The van der Waals surface area contributed by atoms with Crippen LogP contribution in [-0.2, 0) is 9.59 Å². The second-order valence-corrected chi connectivity index (χ2v) is 4.35. The summed E-state index contributed by atoms with van der Waals surface area (Å²) in [5, 5.41) is 11.5. The standard InChI is InChI=1S/C13H16FN3O4/c1-8(13(20)21)17(6-5-16-9(2)18)12(19)10-3-4-15-7-11(10)14/h3-4,7-8H,5-6H2,1-2H3,(H,16,18)(H,20,21). The lowest BCUT2D eigenvalue weighted by molar-refractivity contribution is -0.141. The van der Waals surface area contributed by atoms with E-state index in [0.29, 0.717) is 0 Å². The number of aliphatic carboxylic acids is 1. The van der Waals surface area contributed by atoms with E-state index in [0.717, 1.165) is 11.1 Å². The summed E-state index contributed by atoms with van der Waals surface area (Å²) < 4.78 is 13.6. The van der Waals surface area contributed by atoms with E-state index in [4.69, 9.17) is 5.11 Å². The Morgan fingerprint density at radius 1 is 1.48 bits per heavy atom. The summed E-state index contributed by atoms with van der Waals surface area (Å²) >= 11 is 0. The molecule has 0 aliphatic heterocycles. The molecule has 8 heteroatoms. The van der Waals surface area contributed by atoms with Gasteiger partial charge in [-0.2, -0.15) is 0 Å². The van der Waals surface area contributed by atoms with Crippen LogP contribution >= 0.6 is 0 Å². The molecule has 0 radical (unpaired) electrons. The molecule has 0 aromatic carbocycles. The van der Waals surface area contributed by atoms with Crippen LogP contribution in [-0.4, -0.2) is 51.9 Å². The van der Waals surface area contributed by atoms with Gasteiger partial charge in [0.25, 0.3) is 5.91 Å². The molecular formula is C13H16FN3O4. The number of amides is 2. The van der Waals surface area contributed by atoms with E-state index in [1.165, 1.54) is 26.1 Å². The zero-order valence-electron chi connectivity index (χ0n) is 11.7. The Morgan fingerprint density at radius 2 is 2.14 bits per heavy atom. The van der Waals surface area contributed by atoms with Crippen molar-refractivity contribution in [2.45, 2.75) is 19.9 Å². The quantitative estimate of drug-likeness (QED) is 0.785. The number of hydrogen-bond donors (Lipinski definition) is 2. The molecule has 2 N–H and O–H groups in total. The van der Waals surface area contributed by atoms with E-state index in [1.54, 1.807) is 0 Å². The molecule has 0 saturated carbocycles. The van der Waals surface area contributed by atoms with Crippen molar-refractivity contribution in [3.05, 3.63) is 29.8 Å². The van der Waals surface area contributed by atoms with E-state index in [9.17, 15) is 18.8 Å². The Labute approximate surface area is 120 Å². The molecule has 21 heavy (non-hydrogen) atoms. The van der Waals surface area contributed by atoms with Crippen molar-refractivity contribution in [3.8, 4) is 0 Å². The van der Waals surface area contributed by atoms with Gasteiger partial charge >= 0.3 is 5.97 Å². The Morgan fingerprint density at radius 3 is 2.67 bits per heavy atom. The minimum Gasteiger partial charge on any atom is -0.480 e. The molecule has 1 rings (SSSR count). The van der Waals surface area contributed by atoms with Gasteiger partial charge in [-0.25, -0.2) is 9.18 Å². The number of carboxylic acids is 1. The third-order valence-corrected chi connectivity index (χ3v) is 2.82. The van der Waals surface area contributed by atoms with Crippen molar-refractivity contribution in [2.75, 3.05) is 13.1 Å². The Bertz CT molecular complexity index is 550. The number of halogens is 1. The van der Waals surface area contributed by atoms with Gasteiger partial charge in [-0.3, -0.25) is 14.6 Å². The van der Waals surface area contributed by atoms with E-state index < -0.39 is 23.7 Å². The summed E-state index contributed by atoms with van der Waals surface area (Å²) in [7, 11) is 0. The number of hydrogen-bond acceptors (Lipinski definition) is 4. The fourth-order valence-electron chi connectivity index (χ4n) is 1.66.